The van der Waals surface area contributed by atoms with E-state index in [9.17, 15) is 14.9 Å². The number of para-hydroxylation sites is 2. The summed E-state index contributed by atoms with van der Waals surface area (Å²) in [6.07, 6.45) is 5.58. The van der Waals surface area contributed by atoms with Crippen molar-refractivity contribution in [1.29, 1.82) is 0 Å². The minimum Gasteiger partial charge on any atom is -0.319 e. The minimum atomic E-state index is -0.475. The first-order valence-corrected chi connectivity index (χ1v) is 7.45. The summed E-state index contributed by atoms with van der Waals surface area (Å²) in [6, 6.07) is 6.44. The highest BCUT2D eigenvalue weighted by Crippen LogP contribution is 2.34. The maximum Gasteiger partial charge on any atom is 0.292 e. The molecule has 1 saturated carbocycles. The number of carbonyl (C=O) groups is 1. The molecule has 0 radical (unpaired) electrons. The molecule has 1 aliphatic carbocycles. The third-order valence-electron chi connectivity index (χ3n) is 4.54. The van der Waals surface area contributed by atoms with Crippen molar-refractivity contribution in [2.45, 2.75) is 44.2 Å². The van der Waals surface area contributed by atoms with Crippen LogP contribution in [0.25, 0.3) is 0 Å². The lowest BCUT2D eigenvalue weighted by atomic mass is 9.85. The summed E-state index contributed by atoms with van der Waals surface area (Å²) >= 11 is 0. The van der Waals surface area contributed by atoms with E-state index in [0.717, 1.165) is 12.8 Å². The number of rotatable bonds is 3. The molecule has 1 aromatic rings. The highest BCUT2D eigenvalue weighted by molar-refractivity contribution is 5.96. The van der Waals surface area contributed by atoms with Gasteiger partial charge in [0.25, 0.3) is 5.69 Å². The summed E-state index contributed by atoms with van der Waals surface area (Å²) in [6.45, 7) is 0. The third-order valence-corrected chi connectivity index (χ3v) is 4.54. The molecule has 1 aromatic carbocycles. The van der Waals surface area contributed by atoms with Crippen molar-refractivity contribution in [2.75, 3.05) is 5.32 Å². The lowest BCUT2D eigenvalue weighted by Gasteiger charge is -2.24. The Morgan fingerprint density at radius 1 is 1.29 bits per heavy atom. The van der Waals surface area contributed by atoms with Gasteiger partial charge in [0.15, 0.2) is 0 Å². The molecule has 1 heterocycles. The van der Waals surface area contributed by atoms with Crippen LogP contribution < -0.4 is 10.6 Å². The molecular weight excluding hydrogens is 270 g/mol. The second-order valence-electron chi connectivity index (χ2n) is 5.87. The Morgan fingerprint density at radius 2 is 2.05 bits per heavy atom. The highest BCUT2D eigenvalue weighted by Gasteiger charge is 2.38. The van der Waals surface area contributed by atoms with Crippen LogP contribution in [-0.2, 0) is 4.79 Å². The first-order valence-electron chi connectivity index (χ1n) is 7.45. The van der Waals surface area contributed by atoms with E-state index in [4.69, 9.17) is 0 Å². The van der Waals surface area contributed by atoms with Gasteiger partial charge < -0.3 is 10.6 Å². The monoisotopic (exact) mass is 289 g/mol. The van der Waals surface area contributed by atoms with Gasteiger partial charge in [-0.15, -0.1) is 0 Å². The zero-order valence-electron chi connectivity index (χ0n) is 11.7. The molecule has 1 amide bonds. The average molecular weight is 289 g/mol. The predicted octanol–water partition coefficient (Wildman–Crippen LogP) is 2.45. The smallest absolute Gasteiger partial charge is 0.292 e. The first-order chi connectivity index (χ1) is 10.1. The van der Waals surface area contributed by atoms with Crippen LogP contribution >= 0.6 is 0 Å². The molecule has 1 saturated heterocycles. The Balaban J connectivity index is 1.68. The lowest BCUT2D eigenvalue weighted by molar-refractivity contribution is -0.383. The van der Waals surface area contributed by atoms with Crippen molar-refractivity contribution >= 4 is 17.3 Å². The Bertz CT molecular complexity index is 547. The van der Waals surface area contributed by atoms with Gasteiger partial charge in [0.1, 0.15) is 5.69 Å². The number of nitro groups is 1. The second-order valence-corrected chi connectivity index (χ2v) is 5.87. The minimum absolute atomic E-state index is 0.0683. The average Bonchev–Trinajstić information content (AvgIpc) is 2.91. The van der Waals surface area contributed by atoms with E-state index in [1.54, 1.807) is 18.2 Å². The standard InChI is InChI=1S/C15H19N3O3/c19-15(13-9-10-5-1-2-6-11(10)16-13)17-12-7-3-4-8-14(12)18(20)21/h3-4,7-8,10-11,13,16H,1-2,5-6,9H2,(H,17,19). The van der Waals surface area contributed by atoms with Gasteiger partial charge in [0.05, 0.1) is 11.0 Å². The second kappa shape index (κ2) is 5.81. The van der Waals surface area contributed by atoms with Gasteiger partial charge in [-0.25, -0.2) is 0 Å². The van der Waals surface area contributed by atoms with E-state index in [2.05, 4.69) is 10.6 Å². The molecule has 3 atom stereocenters. The third kappa shape index (κ3) is 2.90. The Labute approximate surface area is 123 Å². The van der Waals surface area contributed by atoms with E-state index in [1.807, 2.05) is 0 Å². The SMILES string of the molecule is O=C(Nc1ccccc1[N+](=O)[O-])C1CC2CCCCC2N1. The lowest BCUT2D eigenvalue weighted by Crippen LogP contribution is -2.39. The quantitative estimate of drug-likeness (QED) is 0.661. The van der Waals surface area contributed by atoms with E-state index >= 15 is 0 Å². The molecule has 112 valence electrons. The molecule has 3 rings (SSSR count). The number of nitrogens with one attached hydrogen (secondary N) is 2. The van der Waals surface area contributed by atoms with Crippen LogP contribution in [-0.4, -0.2) is 22.9 Å². The summed E-state index contributed by atoms with van der Waals surface area (Å²) in [7, 11) is 0. The number of nitrogens with zero attached hydrogens (tertiary/aromatic N) is 1. The summed E-state index contributed by atoms with van der Waals surface area (Å²) in [5.41, 5.74) is 0.199. The van der Waals surface area contributed by atoms with Crippen LogP contribution in [0.4, 0.5) is 11.4 Å². The fourth-order valence-corrected chi connectivity index (χ4v) is 3.48. The largest absolute Gasteiger partial charge is 0.319 e. The van der Waals surface area contributed by atoms with Crippen LogP contribution in [0, 0.1) is 16.0 Å². The molecule has 0 bridgehead atoms. The molecule has 6 nitrogen and oxygen atoms in total. The highest BCUT2D eigenvalue weighted by atomic mass is 16.6. The molecule has 2 aliphatic rings. The number of anilines is 1. The maximum atomic E-state index is 12.3. The topological polar surface area (TPSA) is 84.3 Å². The molecule has 3 unspecified atom stereocenters. The number of fused-ring (bicyclic) bond motifs is 1. The zero-order valence-corrected chi connectivity index (χ0v) is 11.7. The molecule has 2 fully saturated rings. The van der Waals surface area contributed by atoms with E-state index < -0.39 is 4.92 Å². The fraction of sp³-hybridized carbons (Fsp3) is 0.533. The van der Waals surface area contributed by atoms with Gasteiger partial charge in [-0.3, -0.25) is 14.9 Å². The number of benzene rings is 1. The summed E-state index contributed by atoms with van der Waals surface area (Å²) < 4.78 is 0. The van der Waals surface area contributed by atoms with Gasteiger partial charge in [-0.1, -0.05) is 25.0 Å². The maximum absolute atomic E-state index is 12.3. The molecule has 1 aliphatic heterocycles. The molecular formula is C15H19N3O3. The molecule has 6 heteroatoms. The van der Waals surface area contributed by atoms with Crippen LogP contribution in [0.15, 0.2) is 24.3 Å². The van der Waals surface area contributed by atoms with Gasteiger partial charge in [-0.05, 0) is 31.2 Å². The number of hydrogen-bond acceptors (Lipinski definition) is 4. The van der Waals surface area contributed by atoms with Crippen molar-refractivity contribution in [1.82, 2.24) is 5.32 Å². The number of carbonyl (C=O) groups excluding carboxylic acids is 1. The summed E-state index contributed by atoms with van der Waals surface area (Å²) in [5, 5.41) is 17.0. The Kier molecular flexibility index (Phi) is 3.88. The van der Waals surface area contributed by atoms with Crippen molar-refractivity contribution in [3.8, 4) is 0 Å². The number of amides is 1. The van der Waals surface area contributed by atoms with Crippen LogP contribution in [0.2, 0.25) is 0 Å². The van der Waals surface area contributed by atoms with Crippen molar-refractivity contribution in [3.63, 3.8) is 0 Å². The molecule has 21 heavy (non-hydrogen) atoms. The fourth-order valence-electron chi connectivity index (χ4n) is 3.48. The first kappa shape index (κ1) is 14.0. The molecule has 0 spiro atoms. The Hall–Kier alpha value is -1.95. The molecule has 2 N–H and O–H groups in total. The zero-order chi connectivity index (χ0) is 14.8. The van der Waals surface area contributed by atoms with Crippen LogP contribution in [0.1, 0.15) is 32.1 Å². The van der Waals surface area contributed by atoms with Crippen molar-refractivity contribution in [2.24, 2.45) is 5.92 Å². The van der Waals surface area contributed by atoms with Crippen LogP contribution in [0.3, 0.4) is 0 Å². The number of hydrogen-bond donors (Lipinski definition) is 2. The predicted molar refractivity (Wildman–Crippen MR) is 79.0 cm³/mol. The van der Waals surface area contributed by atoms with Gasteiger partial charge >= 0.3 is 0 Å². The normalized spacial score (nSPS) is 27.9. The summed E-state index contributed by atoms with van der Waals surface area (Å²) in [5.74, 6) is 0.402. The van der Waals surface area contributed by atoms with Gasteiger partial charge in [-0.2, -0.15) is 0 Å². The van der Waals surface area contributed by atoms with Gasteiger partial charge in [0, 0.05) is 12.1 Å². The number of nitro benzene ring substituents is 1. The van der Waals surface area contributed by atoms with Crippen molar-refractivity contribution in [3.05, 3.63) is 34.4 Å². The van der Waals surface area contributed by atoms with E-state index in [1.165, 1.54) is 25.3 Å². The van der Waals surface area contributed by atoms with Crippen LogP contribution in [0.5, 0.6) is 0 Å². The van der Waals surface area contributed by atoms with Crippen molar-refractivity contribution < 1.29 is 9.72 Å². The van der Waals surface area contributed by atoms with Gasteiger partial charge in [0.2, 0.25) is 5.91 Å². The summed E-state index contributed by atoms with van der Waals surface area (Å²) in [4.78, 5) is 22.8. The Morgan fingerprint density at radius 3 is 2.81 bits per heavy atom. The van der Waals surface area contributed by atoms with E-state index in [-0.39, 0.29) is 23.3 Å². The van der Waals surface area contributed by atoms with E-state index in [0.29, 0.717) is 12.0 Å². The molecule has 0 aromatic heterocycles.